The zero-order chi connectivity index (χ0) is 19.8. The second-order valence-electron chi connectivity index (χ2n) is 6.15. The van der Waals surface area contributed by atoms with Gasteiger partial charge in [-0.3, -0.25) is 4.79 Å². The van der Waals surface area contributed by atoms with E-state index in [1.54, 1.807) is 29.8 Å². The molecule has 4 rings (SSSR count). The Morgan fingerprint density at radius 2 is 2.14 bits per heavy atom. The molecule has 142 valence electrons. The highest BCUT2D eigenvalue weighted by Gasteiger charge is 2.18. The van der Waals surface area contributed by atoms with Crippen molar-refractivity contribution in [2.24, 2.45) is 0 Å². The van der Waals surface area contributed by atoms with Crippen LogP contribution in [0.25, 0.3) is 10.9 Å². The Balaban J connectivity index is 1.72. The van der Waals surface area contributed by atoms with Crippen LogP contribution in [0.4, 0.5) is 5.82 Å². The summed E-state index contributed by atoms with van der Waals surface area (Å²) in [6.45, 7) is 2.19. The number of halogens is 2. The van der Waals surface area contributed by atoms with Crippen LogP contribution in [0.5, 0.6) is 5.88 Å². The molecule has 4 aromatic rings. The number of anilines is 1. The molecule has 9 heteroatoms. The fraction of sp³-hybridized carbons (Fsp3) is 0.105. The highest BCUT2D eigenvalue weighted by Crippen LogP contribution is 2.31. The summed E-state index contributed by atoms with van der Waals surface area (Å²) in [5, 5.41) is 14.0. The standard InChI is InChI=1S/C19H14ClIN4O2S/c1-10-22-16-13(17(23-10)24-18(26)14-5-6-15(20)28-14)9-25(19(16)27)8-11-3-2-4-12(21)7-11/h2-7,9,27H,8H2,1H3,(H,22,23,24,26). The first-order valence-electron chi connectivity index (χ1n) is 8.28. The Morgan fingerprint density at radius 3 is 2.86 bits per heavy atom. The molecule has 0 aliphatic heterocycles. The van der Waals surface area contributed by atoms with Crippen LogP contribution in [0, 0.1) is 10.5 Å². The summed E-state index contributed by atoms with van der Waals surface area (Å²) in [6, 6.07) is 11.4. The lowest BCUT2D eigenvalue weighted by atomic mass is 10.2. The number of aromatic hydroxyl groups is 1. The van der Waals surface area contributed by atoms with Gasteiger partial charge in [0.1, 0.15) is 17.2 Å². The molecular formula is C19H14ClIN4O2S. The van der Waals surface area contributed by atoms with Crippen molar-refractivity contribution in [3.63, 3.8) is 0 Å². The van der Waals surface area contributed by atoms with Crippen molar-refractivity contribution in [2.45, 2.75) is 13.5 Å². The largest absolute Gasteiger partial charge is 0.493 e. The van der Waals surface area contributed by atoms with Crippen molar-refractivity contribution in [3.8, 4) is 5.88 Å². The van der Waals surface area contributed by atoms with Gasteiger partial charge in [0.15, 0.2) is 0 Å². The van der Waals surface area contributed by atoms with Gasteiger partial charge in [0.2, 0.25) is 5.88 Å². The van der Waals surface area contributed by atoms with E-state index in [9.17, 15) is 9.90 Å². The number of aromatic nitrogens is 3. The van der Waals surface area contributed by atoms with E-state index in [-0.39, 0.29) is 11.8 Å². The van der Waals surface area contributed by atoms with Crippen molar-refractivity contribution >= 4 is 68.2 Å². The molecule has 2 N–H and O–H groups in total. The average molecular weight is 525 g/mol. The first-order valence-corrected chi connectivity index (χ1v) is 10.6. The zero-order valence-corrected chi connectivity index (χ0v) is 18.3. The highest BCUT2D eigenvalue weighted by molar-refractivity contribution is 14.1. The third-order valence-corrected chi connectivity index (χ3v) is 6.00. The Bertz CT molecular complexity index is 1200. The normalized spacial score (nSPS) is 11.1. The maximum Gasteiger partial charge on any atom is 0.266 e. The van der Waals surface area contributed by atoms with Gasteiger partial charge in [-0.2, -0.15) is 0 Å². The molecule has 0 saturated carbocycles. The fourth-order valence-corrected chi connectivity index (χ4v) is 4.43. The number of thiophene rings is 1. The summed E-state index contributed by atoms with van der Waals surface area (Å²) >= 11 is 9.36. The Labute approximate surface area is 183 Å². The quantitative estimate of drug-likeness (QED) is 0.366. The van der Waals surface area contributed by atoms with Crippen LogP contribution in [0.1, 0.15) is 21.1 Å². The molecular weight excluding hydrogens is 511 g/mol. The van der Waals surface area contributed by atoms with Crippen LogP contribution in [0.2, 0.25) is 4.34 Å². The van der Waals surface area contributed by atoms with Gasteiger partial charge >= 0.3 is 0 Å². The molecule has 0 bridgehead atoms. The van der Waals surface area contributed by atoms with E-state index >= 15 is 0 Å². The molecule has 0 aliphatic rings. The molecule has 0 aliphatic carbocycles. The molecule has 0 atom stereocenters. The van der Waals surface area contributed by atoms with Gasteiger partial charge in [0, 0.05) is 9.77 Å². The lowest BCUT2D eigenvalue weighted by Gasteiger charge is -2.05. The van der Waals surface area contributed by atoms with E-state index in [0.29, 0.717) is 38.3 Å². The third kappa shape index (κ3) is 3.85. The lowest BCUT2D eigenvalue weighted by Crippen LogP contribution is -2.12. The summed E-state index contributed by atoms with van der Waals surface area (Å²) in [7, 11) is 0. The van der Waals surface area contributed by atoms with Crippen molar-refractivity contribution in [2.75, 3.05) is 5.32 Å². The lowest BCUT2D eigenvalue weighted by molar-refractivity contribution is 0.103. The molecule has 1 aromatic carbocycles. The number of hydrogen-bond donors (Lipinski definition) is 2. The molecule has 0 fully saturated rings. The number of carbonyl (C=O) groups is 1. The Kier molecular flexibility index (Phi) is 5.26. The minimum atomic E-state index is -0.304. The van der Waals surface area contributed by atoms with Crippen LogP contribution in [0.3, 0.4) is 0 Å². The van der Waals surface area contributed by atoms with Crippen molar-refractivity contribution in [3.05, 3.63) is 66.8 Å². The number of benzene rings is 1. The fourth-order valence-electron chi connectivity index (χ4n) is 2.88. The second-order valence-corrected chi connectivity index (χ2v) is 9.11. The minimum Gasteiger partial charge on any atom is -0.493 e. The van der Waals surface area contributed by atoms with Crippen molar-refractivity contribution < 1.29 is 9.90 Å². The van der Waals surface area contributed by atoms with Crippen LogP contribution in [0.15, 0.2) is 42.6 Å². The maximum absolute atomic E-state index is 12.5. The number of aryl methyl sites for hydroxylation is 1. The van der Waals surface area contributed by atoms with E-state index in [1.807, 2.05) is 24.3 Å². The number of hydrogen-bond acceptors (Lipinski definition) is 5. The molecule has 0 spiro atoms. The van der Waals surface area contributed by atoms with Crippen molar-refractivity contribution in [1.82, 2.24) is 14.5 Å². The SMILES string of the molecule is Cc1nc(NC(=O)c2ccc(Cl)s2)c2cn(Cc3cccc(I)c3)c(O)c2n1. The monoisotopic (exact) mass is 524 g/mol. The van der Waals surface area contributed by atoms with Gasteiger partial charge in [-0.25, -0.2) is 9.97 Å². The number of nitrogens with one attached hydrogen (secondary N) is 1. The Hall–Kier alpha value is -2.17. The van der Waals surface area contributed by atoms with Gasteiger partial charge in [0.25, 0.3) is 5.91 Å². The predicted octanol–water partition coefficient (Wildman–Crippen LogP) is 5.07. The highest BCUT2D eigenvalue weighted by atomic mass is 127. The summed E-state index contributed by atoms with van der Waals surface area (Å²) in [6.07, 6.45) is 1.75. The molecule has 0 saturated heterocycles. The van der Waals surface area contributed by atoms with Crippen LogP contribution < -0.4 is 5.32 Å². The topological polar surface area (TPSA) is 80.0 Å². The van der Waals surface area contributed by atoms with Crippen molar-refractivity contribution in [1.29, 1.82) is 0 Å². The molecule has 28 heavy (non-hydrogen) atoms. The van der Waals surface area contributed by atoms with Crippen LogP contribution >= 0.6 is 45.5 Å². The van der Waals surface area contributed by atoms with E-state index in [0.717, 1.165) is 9.13 Å². The van der Waals surface area contributed by atoms with E-state index in [4.69, 9.17) is 11.6 Å². The molecule has 6 nitrogen and oxygen atoms in total. The summed E-state index contributed by atoms with van der Waals surface area (Å²) in [5.74, 6) is 0.540. The number of amides is 1. The predicted molar refractivity (Wildman–Crippen MR) is 119 cm³/mol. The van der Waals surface area contributed by atoms with E-state index < -0.39 is 0 Å². The molecule has 0 radical (unpaired) electrons. The summed E-state index contributed by atoms with van der Waals surface area (Å²) in [4.78, 5) is 21.7. The molecule has 3 heterocycles. The van der Waals surface area contributed by atoms with Gasteiger partial charge in [-0.15, -0.1) is 11.3 Å². The zero-order valence-electron chi connectivity index (χ0n) is 14.6. The van der Waals surface area contributed by atoms with Gasteiger partial charge in [0.05, 0.1) is 21.1 Å². The smallest absolute Gasteiger partial charge is 0.266 e. The number of rotatable bonds is 4. The first kappa shape index (κ1) is 19.2. The van der Waals surface area contributed by atoms with Crippen LogP contribution in [-0.2, 0) is 6.54 Å². The molecule has 3 aromatic heterocycles. The summed E-state index contributed by atoms with van der Waals surface area (Å²) < 4.78 is 3.35. The number of carbonyl (C=O) groups excluding carboxylic acids is 1. The number of fused-ring (bicyclic) bond motifs is 1. The maximum atomic E-state index is 12.5. The second kappa shape index (κ2) is 7.69. The van der Waals surface area contributed by atoms with Gasteiger partial charge < -0.3 is 15.0 Å². The third-order valence-electron chi connectivity index (χ3n) is 4.10. The first-order chi connectivity index (χ1) is 13.4. The number of nitrogens with zero attached hydrogens (tertiary/aromatic N) is 3. The molecule has 0 unspecified atom stereocenters. The van der Waals surface area contributed by atoms with E-state index in [1.165, 1.54) is 11.3 Å². The van der Waals surface area contributed by atoms with Gasteiger partial charge in [-0.05, 0) is 59.3 Å². The molecule has 1 amide bonds. The van der Waals surface area contributed by atoms with Gasteiger partial charge in [-0.1, -0.05) is 23.7 Å². The van der Waals surface area contributed by atoms with Crippen LogP contribution in [-0.4, -0.2) is 25.5 Å². The van der Waals surface area contributed by atoms with E-state index in [2.05, 4.69) is 37.9 Å². The average Bonchev–Trinajstić information content (AvgIpc) is 3.20. The minimum absolute atomic E-state index is 0.0361. The Morgan fingerprint density at radius 1 is 1.32 bits per heavy atom. The summed E-state index contributed by atoms with van der Waals surface area (Å²) in [5.41, 5.74) is 1.45.